The van der Waals surface area contributed by atoms with E-state index in [1.165, 1.54) is 56.2 Å². The van der Waals surface area contributed by atoms with Crippen molar-refractivity contribution >= 4 is 0 Å². The van der Waals surface area contributed by atoms with E-state index < -0.39 is 0 Å². The highest BCUT2D eigenvalue weighted by molar-refractivity contribution is 5.46. The maximum Gasteiger partial charge on any atom is 0.0991 e. The molecule has 1 aliphatic heterocycles. The van der Waals surface area contributed by atoms with E-state index in [-0.39, 0.29) is 0 Å². The number of likely N-dealkylation sites (tertiary alicyclic amines) is 1. The molecule has 2 fully saturated rings. The summed E-state index contributed by atoms with van der Waals surface area (Å²) in [5.41, 5.74) is 4.28. The lowest BCUT2D eigenvalue weighted by atomic mass is 9.52. The van der Waals surface area contributed by atoms with Crippen LogP contribution in [0.15, 0.2) is 18.2 Å². The highest BCUT2D eigenvalue weighted by Crippen LogP contribution is 2.55. The molecular weight excluding hydrogens is 244 g/mol. The first-order valence-corrected chi connectivity index (χ1v) is 7.98. The Labute approximate surface area is 121 Å². The number of nitriles is 1. The first kappa shape index (κ1) is 12.4. The summed E-state index contributed by atoms with van der Waals surface area (Å²) in [4.78, 5) is 2.59. The van der Waals surface area contributed by atoms with E-state index in [2.05, 4.69) is 30.1 Å². The third kappa shape index (κ3) is 1.53. The molecule has 2 bridgehead atoms. The quantitative estimate of drug-likeness (QED) is 0.721. The Hall–Kier alpha value is -1.33. The first-order chi connectivity index (χ1) is 9.74. The number of benzene rings is 1. The lowest BCUT2D eigenvalue weighted by Crippen LogP contribution is -2.59. The van der Waals surface area contributed by atoms with Gasteiger partial charge in [-0.05, 0) is 68.5 Å². The molecule has 20 heavy (non-hydrogen) atoms. The fraction of sp³-hybridized carbons (Fsp3) is 0.611. The minimum Gasteiger partial charge on any atom is -0.303 e. The van der Waals surface area contributed by atoms with Gasteiger partial charge in [0.25, 0.3) is 0 Å². The van der Waals surface area contributed by atoms with Gasteiger partial charge >= 0.3 is 0 Å². The molecule has 3 atom stereocenters. The van der Waals surface area contributed by atoms with Crippen molar-refractivity contribution in [2.45, 2.75) is 50.0 Å². The van der Waals surface area contributed by atoms with E-state index in [1.54, 1.807) is 0 Å². The highest BCUT2D eigenvalue weighted by atomic mass is 15.1. The van der Waals surface area contributed by atoms with Gasteiger partial charge in [-0.25, -0.2) is 0 Å². The van der Waals surface area contributed by atoms with Gasteiger partial charge in [-0.1, -0.05) is 18.9 Å². The van der Waals surface area contributed by atoms with Crippen molar-refractivity contribution in [2.24, 2.45) is 5.92 Å². The molecule has 4 rings (SSSR count). The van der Waals surface area contributed by atoms with Crippen LogP contribution >= 0.6 is 0 Å². The zero-order valence-corrected chi connectivity index (χ0v) is 12.2. The van der Waals surface area contributed by atoms with Gasteiger partial charge in [0.15, 0.2) is 0 Å². The molecule has 1 saturated carbocycles. The summed E-state index contributed by atoms with van der Waals surface area (Å²) in [5, 5.41) is 9.24. The van der Waals surface area contributed by atoms with Crippen molar-refractivity contribution in [3.8, 4) is 6.07 Å². The van der Waals surface area contributed by atoms with Crippen LogP contribution in [0.25, 0.3) is 0 Å². The van der Waals surface area contributed by atoms with Crippen LogP contribution in [0.5, 0.6) is 0 Å². The predicted molar refractivity (Wildman–Crippen MR) is 79.5 cm³/mol. The standard InChI is InChI=1S/C18H22N2/c1-20-9-8-18-7-3-2-4-15(18)17(20)11-14-6-5-13(12-19)10-16(14)18/h5-6,10,15,17H,2-4,7-9,11H2,1H3/t15-,17+,18+/m0/s1. The largest absolute Gasteiger partial charge is 0.303 e. The number of hydrogen-bond donors (Lipinski definition) is 0. The summed E-state index contributed by atoms with van der Waals surface area (Å²) in [7, 11) is 2.30. The SMILES string of the molecule is CN1CC[C@]23CCCC[C@H]2[C@H]1Cc1ccc(C#N)cc13. The molecule has 3 aliphatic rings. The van der Waals surface area contributed by atoms with Gasteiger partial charge in [0.2, 0.25) is 0 Å². The Morgan fingerprint density at radius 2 is 2.20 bits per heavy atom. The van der Waals surface area contributed by atoms with Crippen molar-refractivity contribution in [1.82, 2.24) is 4.90 Å². The number of nitrogens with zero attached hydrogens (tertiary/aromatic N) is 2. The summed E-state index contributed by atoms with van der Waals surface area (Å²) >= 11 is 0. The van der Waals surface area contributed by atoms with E-state index in [0.29, 0.717) is 5.41 Å². The first-order valence-electron chi connectivity index (χ1n) is 7.98. The number of fused-ring (bicyclic) bond motifs is 1. The molecular formula is C18H22N2. The smallest absolute Gasteiger partial charge is 0.0991 e. The molecule has 1 heterocycles. The van der Waals surface area contributed by atoms with Gasteiger partial charge in [-0.3, -0.25) is 0 Å². The number of hydrogen-bond acceptors (Lipinski definition) is 2. The molecule has 0 spiro atoms. The number of likely N-dealkylation sites (N-methyl/N-ethyl adjacent to an activating group) is 1. The van der Waals surface area contributed by atoms with Crippen molar-refractivity contribution in [2.75, 3.05) is 13.6 Å². The molecule has 2 heteroatoms. The van der Waals surface area contributed by atoms with Crippen LogP contribution in [0, 0.1) is 17.2 Å². The molecule has 0 aromatic heterocycles. The van der Waals surface area contributed by atoms with E-state index in [4.69, 9.17) is 0 Å². The Morgan fingerprint density at radius 1 is 1.30 bits per heavy atom. The summed E-state index contributed by atoms with van der Waals surface area (Å²) in [5.74, 6) is 0.816. The molecule has 0 unspecified atom stereocenters. The predicted octanol–water partition coefficient (Wildman–Crippen LogP) is 3.25. The zero-order chi connectivity index (χ0) is 13.7. The molecule has 0 radical (unpaired) electrons. The highest BCUT2D eigenvalue weighted by Gasteiger charge is 2.52. The van der Waals surface area contributed by atoms with Gasteiger partial charge in [0, 0.05) is 11.5 Å². The molecule has 0 N–H and O–H groups in total. The van der Waals surface area contributed by atoms with Gasteiger partial charge in [0.05, 0.1) is 11.6 Å². The number of rotatable bonds is 0. The second-order valence-electron chi connectivity index (χ2n) is 6.99. The lowest BCUT2D eigenvalue weighted by molar-refractivity contribution is 0.00285. The molecule has 2 nitrogen and oxygen atoms in total. The van der Waals surface area contributed by atoms with Gasteiger partial charge in [-0.15, -0.1) is 0 Å². The molecule has 2 aliphatic carbocycles. The van der Waals surface area contributed by atoms with Crippen molar-refractivity contribution in [3.05, 3.63) is 34.9 Å². The fourth-order valence-corrected chi connectivity index (χ4v) is 5.27. The molecule has 104 valence electrons. The van der Waals surface area contributed by atoms with Crippen LogP contribution < -0.4 is 0 Å². The topological polar surface area (TPSA) is 27.0 Å². The molecule has 1 aromatic rings. The van der Waals surface area contributed by atoms with Crippen LogP contribution in [0.1, 0.15) is 48.8 Å². The van der Waals surface area contributed by atoms with E-state index in [0.717, 1.165) is 17.5 Å². The summed E-state index contributed by atoms with van der Waals surface area (Å²) in [6, 6.07) is 9.52. The van der Waals surface area contributed by atoms with Gasteiger partial charge < -0.3 is 4.90 Å². The fourth-order valence-electron chi connectivity index (χ4n) is 5.27. The van der Waals surface area contributed by atoms with E-state index >= 15 is 0 Å². The maximum absolute atomic E-state index is 9.24. The van der Waals surface area contributed by atoms with Crippen molar-refractivity contribution in [1.29, 1.82) is 5.26 Å². The van der Waals surface area contributed by atoms with Gasteiger partial charge in [0.1, 0.15) is 0 Å². The third-order valence-corrected chi connectivity index (χ3v) is 6.24. The van der Waals surface area contributed by atoms with Gasteiger partial charge in [-0.2, -0.15) is 5.26 Å². The number of piperidine rings is 1. The second-order valence-corrected chi connectivity index (χ2v) is 6.99. The molecule has 1 saturated heterocycles. The minimum absolute atomic E-state index is 0.385. The Morgan fingerprint density at radius 3 is 3.05 bits per heavy atom. The maximum atomic E-state index is 9.24. The van der Waals surface area contributed by atoms with E-state index in [1.807, 2.05) is 6.07 Å². The van der Waals surface area contributed by atoms with Crippen LogP contribution in [-0.2, 0) is 11.8 Å². The summed E-state index contributed by atoms with van der Waals surface area (Å²) in [6.07, 6.45) is 7.94. The monoisotopic (exact) mass is 266 g/mol. The Bertz CT molecular complexity index is 586. The average Bonchev–Trinajstić information content (AvgIpc) is 2.50. The van der Waals surface area contributed by atoms with Crippen LogP contribution in [0.2, 0.25) is 0 Å². The van der Waals surface area contributed by atoms with Crippen LogP contribution in [0.4, 0.5) is 0 Å². The Balaban J connectivity index is 1.91. The second kappa shape index (κ2) is 4.33. The normalized spacial score (nSPS) is 35.8. The van der Waals surface area contributed by atoms with E-state index in [9.17, 15) is 5.26 Å². The van der Waals surface area contributed by atoms with Crippen LogP contribution in [0.3, 0.4) is 0 Å². The zero-order valence-electron chi connectivity index (χ0n) is 12.2. The average molecular weight is 266 g/mol. The summed E-state index contributed by atoms with van der Waals surface area (Å²) < 4.78 is 0. The lowest BCUT2D eigenvalue weighted by Gasteiger charge is -2.58. The summed E-state index contributed by atoms with van der Waals surface area (Å²) in [6.45, 7) is 1.22. The van der Waals surface area contributed by atoms with Crippen LogP contribution in [-0.4, -0.2) is 24.5 Å². The molecule has 1 aromatic carbocycles. The molecule has 0 amide bonds. The van der Waals surface area contributed by atoms with Crippen molar-refractivity contribution in [3.63, 3.8) is 0 Å². The van der Waals surface area contributed by atoms with Crippen molar-refractivity contribution < 1.29 is 0 Å². The minimum atomic E-state index is 0.385. The Kier molecular flexibility index (Phi) is 2.69. The third-order valence-electron chi connectivity index (χ3n) is 6.24.